The minimum Gasteiger partial charge on any atom is -0.393 e. The minimum atomic E-state index is -0.215. The van der Waals surface area contributed by atoms with Gasteiger partial charge in [0.2, 0.25) is 5.91 Å². The molecule has 0 aromatic heterocycles. The standard InChI is InChI=1S/C18H28N2O2/c1-12-7-5-9-16(13(12)2)19-18(22)14(3)20(4)11-15-8-6-10-17(15)21/h5,7,9,14-15,17,21H,6,8,10-11H2,1-4H3,(H,19,22). The molecule has 3 unspecified atom stereocenters. The van der Waals surface area contributed by atoms with Crippen LogP contribution in [-0.2, 0) is 4.79 Å². The fourth-order valence-electron chi connectivity index (χ4n) is 3.08. The Morgan fingerprint density at radius 2 is 2.14 bits per heavy atom. The van der Waals surface area contributed by atoms with E-state index >= 15 is 0 Å². The van der Waals surface area contributed by atoms with Crippen LogP contribution in [0.5, 0.6) is 0 Å². The third-order valence-electron chi connectivity index (χ3n) is 5.04. The van der Waals surface area contributed by atoms with E-state index in [2.05, 4.69) is 5.32 Å². The molecule has 122 valence electrons. The molecule has 0 bridgehead atoms. The Morgan fingerprint density at radius 1 is 1.41 bits per heavy atom. The van der Waals surface area contributed by atoms with E-state index in [1.807, 2.05) is 50.9 Å². The number of amides is 1. The summed E-state index contributed by atoms with van der Waals surface area (Å²) in [5.41, 5.74) is 3.16. The normalized spacial score (nSPS) is 22.8. The number of aliphatic hydroxyl groups is 1. The van der Waals surface area contributed by atoms with E-state index in [1.54, 1.807) is 0 Å². The van der Waals surface area contributed by atoms with Gasteiger partial charge in [-0.3, -0.25) is 9.69 Å². The van der Waals surface area contributed by atoms with E-state index < -0.39 is 0 Å². The smallest absolute Gasteiger partial charge is 0.241 e. The number of nitrogens with zero attached hydrogens (tertiary/aromatic N) is 1. The monoisotopic (exact) mass is 304 g/mol. The zero-order valence-electron chi connectivity index (χ0n) is 14.1. The number of aliphatic hydroxyl groups excluding tert-OH is 1. The summed E-state index contributed by atoms with van der Waals surface area (Å²) in [6.07, 6.45) is 2.82. The highest BCUT2D eigenvalue weighted by molar-refractivity contribution is 5.95. The van der Waals surface area contributed by atoms with Crippen LogP contribution in [0, 0.1) is 19.8 Å². The molecule has 22 heavy (non-hydrogen) atoms. The number of likely N-dealkylation sites (N-methyl/N-ethyl adjacent to an activating group) is 1. The van der Waals surface area contributed by atoms with Crippen LogP contribution >= 0.6 is 0 Å². The van der Waals surface area contributed by atoms with Crippen molar-refractivity contribution < 1.29 is 9.90 Å². The van der Waals surface area contributed by atoms with E-state index in [-0.39, 0.29) is 18.1 Å². The van der Waals surface area contributed by atoms with Gasteiger partial charge in [0.05, 0.1) is 12.1 Å². The molecule has 1 amide bonds. The van der Waals surface area contributed by atoms with Gasteiger partial charge in [-0.1, -0.05) is 18.6 Å². The number of rotatable bonds is 5. The van der Waals surface area contributed by atoms with Gasteiger partial charge in [-0.15, -0.1) is 0 Å². The summed E-state index contributed by atoms with van der Waals surface area (Å²) in [5, 5.41) is 13.0. The van der Waals surface area contributed by atoms with Crippen LogP contribution in [0.25, 0.3) is 0 Å². The Bertz CT molecular complexity index is 530. The van der Waals surface area contributed by atoms with Crippen LogP contribution in [0.1, 0.15) is 37.3 Å². The number of hydrogen-bond acceptors (Lipinski definition) is 3. The molecule has 1 aromatic carbocycles. The molecular weight excluding hydrogens is 276 g/mol. The maximum absolute atomic E-state index is 12.5. The Kier molecular flexibility index (Phi) is 5.59. The van der Waals surface area contributed by atoms with E-state index in [0.717, 1.165) is 37.1 Å². The highest BCUT2D eigenvalue weighted by Crippen LogP contribution is 2.26. The number of benzene rings is 1. The number of anilines is 1. The average molecular weight is 304 g/mol. The van der Waals surface area contributed by atoms with Gasteiger partial charge in [0.25, 0.3) is 0 Å². The molecule has 4 nitrogen and oxygen atoms in total. The minimum absolute atomic E-state index is 0.00341. The van der Waals surface area contributed by atoms with Gasteiger partial charge in [-0.05, 0) is 63.8 Å². The first-order chi connectivity index (χ1) is 10.4. The highest BCUT2D eigenvalue weighted by atomic mass is 16.3. The van der Waals surface area contributed by atoms with Gasteiger partial charge in [-0.25, -0.2) is 0 Å². The summed E-state index contributed by atoms with van der Waals surface area (Å²) in [4.78, 5) is 14.5. The lowest BCUT2D eigenvalue weighted by Crippen LogP contribution is -2.43. The lowest BCUT2D eigenvalue weighted by molar-refractivity contribution is -0.120. The molecule has 4 heteroatoms. The van der Waals surface area contributed by atoms with E-state index in [9.17, 15) is 9.90 Å². The zero-order valence-corrected chi connectivity index (χ0v) is 14.1. The van der Waals surface area contributed by atoms with Crippen LogP contribution in [0.2, 0.25) is 0 Å². The molecule has 1 aromatic rings. The second kappa shape index (κ2) is 7.25. The van der Waals surface area contributed by atoms with Crippen LogP contribution in [0.15, 0.2) is 18.2 Å². The molecular formula is C18H28N2O2. The van der Waals surface area contributed by atoms with Crippen molar-refractivity contribution in [1.82, 2.24) is 4.90 Å². The van der Waals surface area contributed by atoms with Crippen LogP contribution in [-0.4, -0.2) is 41.7 Å². The van der Waals surface area contributed by atoms with Crippen molar-refractivity contribution in [2.75, 3.05) is 18.9 Å². The molecule has 0 radical (unpaired) electrons. The van der Waals surface area contributed by atoms with Crippen molar-refractivity contribution in [1.29, 1.82) is 0 Å². The lowest BCUT2D eigenvalue weighted by Gasteiger charge is -2.28. The summed E-state index contributed by atoms with van der Waals surface area (Å²) in [6.45, 7) is 6.75. The number of hydrogen-bond donors (Lipinski definition) is 2. The second-order valence-electron chi connectivity index (χ2n) is 6.61. The molecule has 1 aliphatic carbocycles. The van der Waals surface area contributed by atoms with Crippen LogP contribution in [0.3, 0.4) is 0 Å². The average Bonchev–Trinajstić information content (AvgIpc) is 2.88. The first-order valence-electron chi connectivity index (χ1n) is 8.15. The van der Waals surface area contributed by atoms with Crippen molar-refractivity contribution in [3.05, 3.63) is 29.3 Å². The molecule has 1 fully saturated rings. The Morgan fingerprint density at radius 3 is 2.77 bits per heavy atom. The summed E-state index contributed by atoms with van der Waals surface area (Å²) in [7, 11) is 1.96. The molecule has 1 saturated carbocycles. The predicted octanol–water partition coefficient (Wildman–Crippen LogP) is 2.72. The number of nitrogens with one attached hydrogen (secondary N) is 1. The van der Waals surface area contributed by atoms with Crippen LogP contribution in [0.4, 0.5) is 5.69 Å². The van der Waals surface area contributed by atoms with Crippen molar-refractivity contribution in [3.8, 4) is 0 Å². The summed E-state index contributed by atoms with van der Waals surface area (Å²) in [5.74, 6) is 0.296. The summed E-state index contributed by atoms with van der Waals surface area (Å²) < 4.78 is 0. The molecule has 1 aliphatic rings. The van der Waals surface area contributed by atoms with Gasteiger partial charge in [0.15, 0.2) is 0 Å². The van der Waals surface area contributed by atoms with Crippen molar-refractivity contribution >= 4 is 11.6 Å². The van der Waals surface area contributed by atoms with Gasteiger partial charge < -0.3 is 10.4 Å². The highest BCUT2D eigenvalue weighted by Gasteiger charge is 2.29. The topological polar surface area (TPSA) is 52.6 Å². The first kappa shape index (κ1) is 17.0. The summed E-state index contributed by atoms with van der Waals surface area (Å²) in [6, 6.07) is 5.73. The van der Waals surface area contributed by atoms with Crippen molar-refractivity contribution in [2.45, 2.75) is 52.2 Å². The quantitative estimate of drug-likeness (QED) is 0.879. The number of aryl methyl sites for hydroxylation is 1. The van der Waals surface area contributed by atoms with Crippen molar-refractivity contribution in [2.24, 2.45) is 5.92 Å². The van der Waals surface area contributed by atoms with Gasteiger partial charge in [0, 0.05) is 12.2 Å². The molecule has 0 heterocycles. The molecule has 0 spiro atoms. The molecule has 3 atom stereocenters. The fraction of sp³-hybridized carbons (Fsp3) is 0.611. The Hall–Kier alpha value is -1.39. The molecule has 2 N–H and O–H groups in total. The van der Waals surface area contributed by atoms with Gasteiger partial charge >= 0.3 is 0 Å². The third kappa shape index (κ3) is 3.87. The summed E-state index contributed by atoms with van der Waals surface area (Å²) >= 11 is 0. The maximum atomic E-state index is 12.5. The molecule has 0 saturated heterocycles. The number of carbonyl (C=O) groups is 1. The molecule has 2 rings (SSSR count). The van der Waals surface area contributed by atoms with Gasteiger partial charge in [0.1, 0.15) is 0 Å². The number of carbonyl (C=O) groups excluding carboxylic acids is 1. The Balaban J connectivity index is 1.95. The van der Waals surface area contributed by atoms with E-state index in [1.165, 1.54) is 5.56 Å². The van der Waals surface area contributed by atoms with E-state index in [4.69, 9.17) is 0 Å². The molecule has 0 aliphatic heterocycles. The predicted molar refractivity (Wildman–Crippen MR) is 90.0 cm³/mol. The maximum Gasteiger partial charge on any atom is 0.241 e. The van der Waals surface area contributed by atoms with E-state index in [0.29, 0.717) is 5.92 Å². The third-order valence-corrected chi connectivity index (χ3v) is 5.04. The first-order valence-corrected chi connectivity index (χ1v) is 8.15. The zero-order chi connectivity index (χ0) is 16.3. The van der Waals surface area contributed by atoms with Gasteiger partial charge in [-0.2, -0.15) is 0 Å². The second-order valence-corrected chi connectivity index (χ2v) is 6.61. The lowest BCUT2D eigenvalue weighted by atomic mass is 10.0. The largest absolute Gasteiger partial charge is 0.393 e. The van der Waals surface area contributed by atoms with Crippen LogP contribution < -0.4 is 5.32 Å². The SMILES string of the molecule is Cc1cccc(NC(=O)C(C)N(C)CC2CCCC2O)c1C. The fourth-order valence-corrected chi connectivity index (χ4v) is 3.08. The Labute approximate surface area is 133 Å². The van der Waals surface area contributed by atoms with Crippen molar-refractivity contribution in [3.63, 3.8) is 0 Å².